The lowest BCUT2D eigenvalue weighted by molar-refractivity contribution is -0.0625. The third-order valence-corrected chi connectivity index (χ3v) is 3.29. The van der Waals surface area contributed by atoms with Crippen LogP contribution in [0.25, 0.3) is 0 Å². The van der Waals surface area contributed by atoms with Crippen LogP contribution in [0.3, 0.4) is 0 Å². The van der Waals surface area contributed by atoms with Gasteiger partial charge in [0.2, 0.25) is 0 Å². The van der Waals surface area contributed by atoms with Gasteiger partial charge < -0.3 is 35.9 Å². The lowest BCUT2D eigenvalue weighted by Crippen LogP contribution is -2.49. The van der Waals surface area contributed by atoms with Crippen LogP contribution < -0.4 is 15.2 Å². The first-order chi connectivity index (χ1) is 9.83. The molecule has 4 atom stereocenters. The third kappa shape index (κ3) is 3.92. The number of nitrogens with one attached hydrogen (secondary N) is 1. The normalized spacial score (nSPS) is 16.7. The first-order valence-electron chi connectivity index (χ1n) is 6.40. The van der Waals surface area contributed by atoms with Crippen LogP contribution in [0.4, 0.5) is 0 Å². The number of hydrogen-bond acceptors (Lipinski definition) is 7. The molecule has 0 amide bonds. The zero-order valence-electron chi connectivity index (χ0n) is 12.3. The minimum Gasteiger partial charge on any atom is -0.493 e. The summed E-state index contributed by atoms with van der Waals surface area (Å²) < 4.78 is 10.2. The maximum Gasteiger partial charge on any atom is 0.161 e. The minimum absolute atomic E-state index is 0.0149. The van der Waals surface area contributed by atoms with Gasteiger partial charge in [-0.2, -0.15) is 0 Å². The van der Waals surface area contributed by atoms with Crippen molar-refractivity contribution < 1.29 is 24.8 Å². The predicted molar refractivity (Wildman–Crippen MR) is 77.9 cm³/mol. The molecule has 0 bridgehead atoms. The van der Waals surface area contributed by atoms with Gasteiger partial charge in [-0.1, -0.05) is 6.07 Å². The Labute approximate surface area is 123 Å². The molecule has 1 aromatic carbocycles. The van der Waals surface area contributed by atoms with Crippen molar-refractivity contribution >= 4 is 5.71 Å². The molecule has 6 N–H and O–H groups in total. The van der Waals surface area contributed by atoms with Crippen molar-refractivity contribution in [2.24, 2.45) is 5.73 Å². The number of benzene rings is 1. The fourth-order valence-corrected chi connectivity index (χ4v) is 1.89. The van der Waals surface area contributed by atoms with Crippen LogP contribution in [0, 0.1) is 5.41 Å². The molecule has 0 aliphatic heterocycles. The Kier molecular flexibility index (Phi) is 6.10. The van der Waals surface area contributed by atoms with Crippen molar-refractivity contribution in [3.8, 4) is 11.5 Å². The molecule has 0 saturated carbocycles. The van der Waals surface area contributed by atoms with Crippen molar-refractivity contribution in [1.82, 2.24) is 0 Å². The molecule has 0 fully saturated rings. The third-order valence-electron chi connectivity index (χ3n) is 3.29. The monoisotopic (exact) mass is 298 g/mol. The van der Waals surface area contributed by atoms with Crippen LogP contribution in [-0.2, 0) is 0 Å². The van der Waals surface area contributed by atoms with Gasteiger partial charge in [0.15, 0.2) is 11.5 Å². The zero-order valence-corrected chi connectivity index (χ0v) is 12.3. The van der Waals surface area contributed by atoms with Gasteiger partial charge in [-0.05, 0) is 24.6 Å². The van der Waals surface area contributed by atoms with Crippen molar-refractivity contribution in [1.29, 1.82) is 5.41 Å². The van der Waals surface area contributed by atoms with E-state index < -0.39 is 24.4 Å². The van der Waals surface area contributed by atoms with Gasteiger partial charge in [0.05, 0.1) is 20.3 Å². The first kappa shape index (κ1) is 17.4. The van der Waals surface area contributed by atoms with E-state index in [1.807, 2.05) is 0 Å². The maximum atomic E-state index is 10.1. The summed E-state index contributed by atoms with van der Waals surface area (Å²) >= 11 is 0. The summed E-state index contributed by atoms with van der Waals surface area (Å²) in [4.78, 5) is 0. The molecule has 1 aromatic rings. The number of nitrogens with two attached hydrogens (primary N) is 1. The Bertz CT molecular complexity index is 494. The van der Waals surface area contributed by atoms with Crippen molar-refractivity contribution in [2.75, 3.05) is 14.2 Å². The zero-order chi connectivity index (χ0) is 16.2. The molecule has 21 heavy (non-hydrogen) atoms. The Morgan fingerprint density at radius 1 is 1.10 bits per heavy atom. The molecule has 0 aliphatic carbocycles. The number of ether oxygens (including phenoxy) is 2. The molecule has 0 radical (unpaired) electrons. The van der Waals surface area contributed by atoms with E-state index in [9.17, 15) is 15.3 Å². The van der Waals surface area contributed by atoms with Crippen LogP contribution in [0.5, 0.6) is 11.5 Å². The van der Waals surface area contributed by atoms with Gasteiger partial charge in [-0.15, -0.1) is 0 Å². The van der Waals surface area contributed by atoms with Crippen LogP contribution in [0.1, 0.15) is 18.6 Å². The quantitative estimate of drug-likeness (QED) is 0.444. The minimum atomic E-state index is -1.53. The van der Waals surface area contributed by atoms with E-state index in [4.69, 9.17) is 20.6 Å². The summed E-state index contributed by atoms with van der Waals surface area (Å²) in [5, 5.41) is 37.4. The van der Waals surface area contributed by atoms with Gasteiger partial charge in [-0.25, -0.2) is 0 Å². The van der Waals surface area contributed by atoms with Crippen LogP contribution in [0.15, 0.2) is 18.2 Å². The molecule has 0 saturated heterocycles. The highest BCUT2D eigenvalue weighted by atomic mass is 16.5. The van der Waals surface area contributed by atoms with E-state index in [0.29, 0.717) is 17.1 Å². The largest absolute Gasteiger partial charge is 0.493 e. The lowest BCUT2D eigenvalue weighted by atomic mass is 9.94. The summed E-state index contributed by atoms with van der Waals surface area (Å²) in [7, 11) is 2.94. The maximum absolute atomic E-state index is 10.1. The fraction of sp³-hybridized carbons (Fsp3) is 0.500. The number of rotatable bonds is 7. The second-order valence-corrected chi connectivity index (χ2v) is 4.75. The summed E-state index contributed by atoms with van der Waals surface area (Å²) in [5.74, 6) is 0.874. The van der Waals surface area contributed by atoms with E-state index in [1.54, 1.807) is 12.1 Å². The SMILES string of the molecule is COc1ccc([C@@H](O)[C@H](O)[C@H](O)[C@H](N)C(C)=N)cc1OC. The van der Waals surface area contributed by atoms with Gasteiger partial charge >= 0.3 is 0 Å². The second kappa shape index (κ2) is 7.37. The average Bonchev–Trinajstić information content (AvgIpc) is 2.50. The van der Waals surface area contributed by atoms with E-state index in [2.05, 4.69) is 0 Å². The van der Waals surface area contributed by atoms with Gasteiger partial charge in [-0.3, -0.25) is 0 Å². The molecule has 1 rings (SSSR count). The van der Waals surface area contributed by atoms with Crippen LogP contribution >= 0.6 is 0 Å². The molecule has 0 spiro atoms. The standard InChI is InChI=1S/C14H22N2O5/c1-7(15)11(16)13(18)14(19)12(17)8-4-5-9(20-2)10(6-8)21-3/h4-6,11-15,17-19H,16H2,1-3H3/t11-,12-,13-,14+/m1/s1. The predicted octanol–water partition coefficient (Wildman–Crippen LogP) is -0.174. The number of methoxy groups -OCH3 is 2. The molecule has 0 aliphatic rings. The van der Waals surface area contributed by atoms with Crippen molar-refractivity contribution in [3.63, 3.8) is 0 Å². The molecular formula is C14H22N2O5. The number of hydrogen-bond donors (Lipinski definition) is 5. The van der Waals surface area contributed by atoms with E-state index >= 15 is 0 Å². The number of aliphatic hydroxyl groups is 3. The van der Waals surface area contributed by atoms with Crippen molar-refractivity contribution in [3.05, 3.63) is 23.8 Å². The molecule has 7 heteroatoms. The van der Waals surface area contributed by atoms with Gasteiger partial charge in [0.1, 0.15) is 18.3 Å². The highest BCUT2D eigenvalue weighted by Crippen LogP contribution is 2.31. The molecule has 0 heterocycles. The lowest BCUT2D eigenvalue weighted by Gasteiger charge is -2.27. The van der Waals surface area contributed by atoms with E-state index in [-0.39, 0.29) is 5.71 Å². The van der Waals surface area contributed by atoms with Crippen LogP contribution in [-0.4, -0.2) is 53.5 Å². The van der Waals surface area contributed by atoms with Crippen molar-refractivity contribution in [2.45, 2.75) is 31.3 Å². The highest BCUT2D eigenvalue weighted by Gasteiger charge is 2.31. The summed E-state index contributed by atoms with van der Waals surface area (Å²) in [6.45, 7) is 1.42. The second-order valence-electron chi connectivity index (χ2n) is 4.75. The molecule has 0 unspecified atom stereocenters. The Morgan fingerprint density at radius 3 is 2.14 bits per heavy atom. The molecule has 0 aromatic heterocycles. The molecule has 7 nitrogen and oxygen atoms in total. The molecule has 118 valence electrons. The van der Waals surface area contributed by atoms with Gasteiger partial charge in [0, 0.05) is 5.71 Å². The average molecular weight is 298 g/mol. The fourth-order valence-electron chi connectivity index (χ4n) is 1.89. The van der Waals surface area contributed by atoms with Gasteiger partial charge in [0.25, 0.3) is 0 Å². The summed E-state index contributed by atoms with van der Waals surface area (Å²) in [5.41, 5.74) is 5.94. The first-order valence-corrected chi connectivity index (χ1v) is 6.40. The Balaban J connectivity index is 2.97. The molecular weight excluding hydrogens is 276 g/mol. The highest BCUT2D eigenvalue weighted by molar-refractivity contribution is 5.84. The summed E-state index contributed by atoms with van der Waals surface area (Å²) in [6, 6.07) is 3.58. The topological polar surface area (TPSA) is 129 Å². The van der Waals surface area contributed by atoms with E-state index in [0.717, 1.165) is 0 Å². The van der Waals surface area contributed by atoms with E-state index in [1.165, 1.54) is 27.2 Å². The Morgan fingerprint density at radius 2 is 1.67 bits per heavy atom. The number of aliphatic hydroxyl groups excluding tert-OH is 3. The van der Waals surface area contributed by atoms with Crippen LogP contribution in [0.2, 0.25) is 0 Å². The Hall–Kier alpha value is -1.67. The smallest absolute Gasteiger partial charge is 0.161 e. The summed E-state index contributed by atoms with van der Waals surface area (Å²) in [6.07, 6.45) is -4.35.